The first kappa shape index (κ1) is 11.9. The molecule has 0 aromatic carbocycles. The molecule has 2 rings (SSSR count). The normalized spacial score (nSPS) is 19.9. The first-order valence-corrected chi connectivity index (χ1v) is 6.64. The Morgan fingerprint density at radius 1 is 1.44 bits per heavy atom. The van der Waals surface area contributed by atoms with Crippen LogP contribution in [0.2, 0.25) is 0 Å². The molecular formula is C13H19BrN2. The van der Waals surface area contributed by atoms with E-state index < -0.39 is 0 Å². The lowest BCUT2D eigenvalue weighted by molar-refractivity contribution is 0.292. The lowest BCUT2D eigenvalue weighted by Gasteiger charge is -2.38. The van der Waals surface area contributed by atoms with Crippen LogP contribution in [0.1, 0.15) is 32.3 Å². The van der Waals surface area contributed by atoms with Gasteiger partial charge in [0, 0.05) is 23.8 Å². The fourth-order valence-electron chi connectivity index (χ4n) is 2.32. The van der Waals surface area contributed by atoms with Gasteiger partial charge in [-0.25, -0.2) is 4.98 Å². The number of hydrogen-bond acceptors (Lipinski definition) is 2. The summed E-state index contributed by atoms with van der Waals surface area (Å²) in [7, 11) is 0. The highest BCUT2D eigenvalue weighted by Crippen LogP contribution is 2.31. The van der Waals surface area contributed by atoms with Crippen LogP contribution in [-0.4, -0.2) is 18.1 Å². The Labute approximate surface area is 106 Å². The van der Waals surface area contributed by atoms with Crippen LogP contribution in [-0.2, 0) is 0 Å². The van der Waals surface area contributed by atoms with Gasteiger partial charge in [0.25, 0.3) is 0 Å². The number of aryl methyl sites for hydroxylation is 1. The number of pyridine rings is 1. The maximum Gasteiger partial charge on any atom is 0.128 e. The SMILES string of the molecule is Cc1cc(N2CCCC(C)(C)C2)ncc1Br. The Morgan fingerprint density at radius 3 is 2.81 bits per heavy atom. The summed E-state index contributed by atoms with van der Waals surface area (Å²) in [6.07, 6.45) is 4.50. The minimum absolute atomic E-state index is 0.418. The summed E-state index contributed by atoms with van der Waals surface area (Å²) < 4.78 is 1.09. The van der Waals surface area contributed by atoms with E-state index in [1.54, 1.807) is 0 Å². The molecule has 0 bridgehead atoms. The predicted molar refractivity (Wildman–Crippen MR) is 71.9 cm³/mol. The molecule has 1 aliphatic heterocycles. The number of rotatable bonds is 1. The highest BCUT2D eigenvalue weighted by atomic mass is 79.9. The molecule has 1 saturated heterocycles. The van der Waals surface area contributed by atoms with Crippen LogP contribution in [0.5, 0.6) is 0 Å². The van der Waals surface area contributed by atoms with Crippen molar-refractivity contribution in [1.29, 1.82) is 0 Å². The van der Waals surface area contributed by atoms with E-state index in [9.17, 15) is 0 Å². The van der Waals surface area contributed by atoms with Gasteiger partial charge in [-0.05, 0) is 52.7 Å². The molecule has 2 nitrogen and oxygen atoms in total. The summed E-state index contributed by atoms with van der Waals surface area (Å²) in [5, 5.41) is 0. The lowest BCUT2D eigenvalue weighted by Crippen LogP contribution is -2.40. The third kappa shape index (κ3) is 2.57. The molecule has 0 atom stereocenters. The number of halogens is 1. The summed E-state index contributed by atoms with van der Waals surface area (Å²) in [6.45, 7) is 9.04. The highest BCUT2D eigenvalue weighted by Gasteiger charge is 2.27. The average Bonchev–Trinajstić information content (AvgIpc) is 2.20. The minimum atomic E-state index is 0.418. The van der Waals surface area contributed by atoms with Crippen molar-refractivity contribution in [1.82, 2.24) is 4.98 Å². The number of nitrogens with zero attached hydrogens (tertiary/aromatic N) is 2. The van der Waals surface area contributed by atoms with E-state index in [-0.39, 0.29) is 0 Å². The largest absolute Gasteiger partial charge is 0.356 e. The molecule has 2 heterocycles. The van der Waals surface area contributed by atoms with Crippen molar-refractivity contribution in [3.8, 4) is 0 Å². The average molecular weight is 283 g/mol. The summed E-state index contributed by atoms with van der Waals surface area (Å²) in [5.74, 6) is 1.12. The van der Waals surface area contributed by atoms with Gasteiger partial charge in [0.15, 0.2) is 0 Å². The van der Waals surface area contributed by atoms with Crippen molar-refractivity contribution in [3.63, 3.8) is 0 Å². The van der Waals surface area contributed by atoms with Crippen molar-refractivity contribution in [2.24, 2.45) is 5.41 Å². The molecule has 1 fully saturated rings. The van der Waals surface area contributed by atoms with Crippen molar-refractivity contribution in [3.05, 3.63) is 22.3 Å². The smallest absolute Gasteiger partial charge is 0.128 e. The van der Waals surface area contributed by atoms with Crippen LogP contribution < -0.4 is 4.90 Å². The molecule has 0 saturated carbocycles. The number of piperidine rings is 1. The molecular weight excluding hydrogens is 264 g/mol. The van der Waals surface area contributed by atoms with Crippen LogP contribution in [0.4, 0.5) is 5.82 Å². The van der Waals surface area contributed by atoms with Crippen LogP contribution in [0.25, 0.3) is 0 Å². The zero-order chi connectivity index (χ0) is 11.8. The maximum atomic E-state index is 4.51. The van der Waals surface area contributed by atoms with Gasteiger partial charge in [-0.1, -0.05) is 13.8 Å². The maximum absolute atomic E-state index is 4.51. The predicted octanol–water partition coefficient (Wildman–Crippen LogP) is 3.78. The Kier molecular flexibility index (Phi) is 3.24. The third-order valence-electron chi connectivity index (χ3n) is 3.26. The van der Waals surface area contributed by atoms with Gasteiger partial charge >= 0.3 is 0 Å². The van der Waals surface area contributed by atoms with Gasteiger partial charge in [-0.2, -0.15) is 0 Å². The molecule has 0 amide bonds. The van der Waals surface area contributed by atoms with Gasteiger partial charge < -0.3 is 4.90 Å². The number of hydrogen-bond donors (Lipinski definition) is 0. The molecule has 1 aromatic rings. The zero-order valence-corrected chi connectivity index (χ0v) is 11.8. The fraction of sp³-hybridized carbons (Fsp3) is 0.615. The van der Waals surface area contributed by atoms with E-state index in [4.69, 9.17) is 0 Å². The molecule has 0 unspecified atom stereocenters. The van der Waals surface area contributed by atoms with Crippen LogP contribution in [0, 0.1) is 12.3 Å². The fourth-order valence-corrected chi connectivity index (χ4v) is 2.53. The van der Waals surface area contributed by atoms with Gasteiger partial charge in [0.2, 0.25) is 0 Å². The molecule has 0 spiro atoms. The quantitative estimate of drug-likeness (QED) is 0.779. The first-order chi connectivity index (χ1) is 7.48. The molecule has 1 aromatic heterocycles. The summed E-state index contributed by atoms with van der Waals surface area (Å²) in [4.78, 5) is 6.91. The lowest BCUT2D eigenvalue weighted by atomic mass is 9.84. The van der Waals surface area contributed by atoms with E-state index in [0.29, 0.717) is 5.41 Å². The van der Waals surface area contributed by atoms with Crippen molar-refractivity contribution < 1.29 is 0 Å². The van der Waals surface area contributed by atoms with E-state index in [1.165, 1.54) is 18.4 Å². The standard InChI is InChI=1S/C13H19BrN2/c1-10-7-12(15-8-11(10)14)16-6-4-5-13(2,3)9-16/h7-8H,4-6,9H2,1-3H3. The van der Waals surface area contributed by atoms with Crippen molar-refractivity contribution in [2.75, 3.05) is 18.0 Å². The first-order valence-electron chi connectivity index (χ1n) is 5.85. The van der Waals surface area contributed by atoms with Gasteiger partial charge in [0.1, 0.15) is 5.82 Å². The van der Waals surface area contributed by atoms with Gasteiger partial charge in [-0.3, -0.25) is 0 Å². The second-order valence-corrected chi connectivity index (χ2v) is 6.34. The monoisotopic (exact) mass is 282 g/mol. The minimum Gasteiger partial charge on any atom is -0.356 e. The van der Waals surface area contributed by atoms with Crippen molar-refractivity contribution in [2.45, 2.75) is 33.6 Å². The summed E-state index contributed by atoms with van der Waals surface area (Å²) >= 11 is 3.49. The Bertz CT molecular complexity index is 388. The third-order valence-corrected chi connectivity index (χ3v) is 4.09. The van der Waals surface area contributed by atoms with Crippen LogP contribution >= 0.6 is 15.9 Å². The molecule has 1 aliphatic rings. The van der Waals surface area contributed by atoms with E-state index in [2.05, 4.69) is 52.7 Å². The Hall–Kier alpha value is -0.570. The van der Waals surface area contributed by atoms with E-state index >= 15 is 0 Å². The zero-order valence-electron chi connectivity index (χ0n) is 10.3. The molecule has 88 valence electrons. The molecule has 3 heteroatoms. The summed E-state index contributed by atoms with van der Waals surface area (Å²) in [6, 6.07) is 2.17. The van der Waals surface area contributed by atoms with Gasteiger partial charge in [-0.15, -0.1) is 0 Å². The Morgan fingerprint density at radius 2 is 2.19 bits per heavy atom. The van der Waals surface area contributed by atoms with Crippen molar-refractivity contribution >= 4 is 21.7 Å². The molecule has 0 radical (unpaired) electrons. The second kappa shape index (κ2) is 4.36. The Balaban J connectivity index is 2.20. The van der Waals surface area contributed by atoms with Crippen LogP contribution in [0.15, 0.2) is 16.7 Å². The van der Waals surface area contributed by atoms with E-state index in [0.717, 1.165) is 23.4 Å². The number of anilines is 1. The van der Waals surface area contributed by atoms with Crippen LogP contribution in [0.3, 0.4) is 0 Å². The second-order valence-electron chi connectivity index (χ2n) is 5.48. The topological polar surface area (TPSA) is 16.1 Å². The van der Waals surface area contributed by atoms with Gasteiger partial charge in [0.05, 0.1) is 0 Å². The molecule has 16 heavy (non-hydrogen) atoms. The van der Waals surface area contributed by atoms with E-state index in [1.807, 2.05) is 6.20 Å². The highest BCUT2D eigenvalue weighted by molar-refractivity contribution is 9.10. The molecule has 0 N–H and O–H groups in total. The number of aromatic nitrogens is 1. The molecule has 0 aliphatic carbocycles. The summed E-state index contributed by atoms with van der Waals surface area (Å²) in [5.41, 5.74) is 1.68.